The molecule has 0 bridgehead atoms. The molecule has 0 amide bonds. The van der Waals surface area contributed by atoms with Crippen molar-refractivity contribution < 1.29 is 0 Å². The first kappa shape index (κ1) is 11.4. The van der Waals surface area contributed by atoms with E-state index >= 15 is 0 Å². The molecule has 0 radical (unpaired) electrons. The molecule has 1 aliphatic rings. The molecular weight excluding hydrogens is 248 g/mol. The van der Waals surface area contributed by atoms with Crippen LogP contribution in [0.1, 0.15) is 36.6 Å². The second-order valence-electron chi connectivity index (χ2n) is 4.42. The zero-order valence-electron chi connectivity index (χ0n) is 9.61. The van der Waals surface area contributed by atoms with Gasteiger partial charge in [0.1, 0.15) is 0 Å². The molecule has 90 valence electrons. The maximum atomic E-state index is 5.75. The quantitative estimate of drug-likeness (QED) is 0.500. The fourth-order valence-electron chi connectivity index (χ4n) is 2.42. The highest BCUT2D eigenvalue weighted by Gasteiger charge is 2.19. The van der Waals surface area contributed by atoms with Gasteiger partial charge in [-0.15, -0.1) is 22.7 Å². The van der Waals surface area contributed by atoms with Crippen LogP contribution in [-0.4, -0.2) is 0 Å². The molecule has 1 aliphatic carbocycles. The van der Waals surface area contributed by atoms with Crippen LogP contribution in [0.25, 0.3) is 9.40 Å². The number of nitrogens with two attached hydrogens (primary N) is 1. The highest BCUT2D eigenvalue weighted by molar-refractivity contribution is 7.27. The lowest BCUT2D eigenvalue weighted by atomic mass is 9.93. The van der Waals surface area contributed by atoms with E-state index < -0.39 is 0 Å². The zero-order chi connectivity index (χ0) is 11.7. The van der Waals surface area contributed by atoms with Crippen LogP contribution in [0.4, 0.5) is 0 Å². The third kappa shape index (κ3) is 2.18. The standard InChI is InChI=1S/C13H16N2S2/c14-15-13(9-4-2-1-3-5-9)12-8-11-10(17-12)6-7-16-11/h4,6-8,13,15H,1-3,5,14H2. The molecule has 3 N–H and O–H groups in total. The monoisotopic (exact) mass is 264 g/mol. The van der Waals surface area contributed by atoms with Gasteiger partial charge in [-0.3, -0.25) is 5.84 Å². The summed E-state index contributed by atoms with van der Waals surface area (Å²) >= 11 is 3.66. The molecule has 1 unspecified atom stereocenters. The topological polar surface area (TPSA) is 38.0 Å². The third-order valence-corrected chi connectivity index (χ3v) is 5.46. The summed E-state index contributed by atoms with van der Waals surface area (Å²) in [7, 11) is 0. The van der Waals surface area contributed by atoms with E-state index in [-0.39, 0.29) is 6.04 Å². The Morgan fingerprint density at radius 1 is 1.29 bits per heavy atom. The average molecular weight is 264 g/mol. The van der Waals surface area contributed by atoms with Gasteiger partial charge < -0.3 is 0 Å². The van der Waals surface area contributed by atoms with Crippen molar-refractivity contribution in [1.82, 2.24) is 5.43 Å². The second-order valence-corrected chi connectivity index (χ2v) is 6.49. The van der Waals surface area contributed by atoms with Crippen molar-refractivity contribution in [2.24, 2.45) is 5.84 Å². The minimum absolute atomic E-state index is 0.222. The number of nitrogens with one attached hydrogen (secondary N) is 1. The maximum absolute atomic E-state index is 5.75. The number of thiophene rings is 2. The minimum atomic E-state index is 0.222. The first-order chi connectivity index (χ1) is 8.38. The molecule has 17 heavy (non-hydrogen) atoms. The Labute approximate surface area is 109 Å². The van der Waals surface area contributed by atoms with Gasteiger partial charge in [0.2, 0.25) is 0 Å². The van der Waals surface area contributed by atoms with Crippen molar-refractivity contribution in [3.05, 3.63) is 34.0 Å². The Morgan fingerprint density at radius 3 is 2.94 bits per heavy atom. The molecule has 0 spiro atoms. The van der Waals surface area contributed by atoms with Crippen LogP contribution in [-0.2, 0) is 0 Å². The molecule has 2 nitrogen and oxygen atoms in total. The number of hydrogen-bond donors (Lipinski definition) is 2. The minimum Gasteiger partial charge on any atom is -0.271 e. The molecule has 4 heteroatoms. The summed E-state index contributed by atoms with van der Waals surface area (Å²) in [6.07, 6.45) is 7.36. The van der Waals surface area contributed by atoms with Crippen LogP contribution < -0.4 is 11.3 Å². The number of fused-ring (bicyclic) bond motifs is 1. The highest BCUT2D eigenvalue weighted by atomic mass is 32.1. The zero-order valence-corrected chi connectivity index (χ0v) is 11.2. The number of hydrazine groups is 1. The van der Waals surface area contributed by atoms with Crippen LogP contribution in [0.2, 0.25) is 0 Å². The summed E-state index contributed by atoms with van der Waals surface area (Å²) in [6.45, 7) is 0. The number of rotatable bonds is 3. The van der Waals surface area contributed by atoms with Crippen molar-refractivity contribution in [2.75, 3.05) is 0 Å². The number of allylic oxidation sites excluding steroid dienone is 1. The van der Waals surface area contributed by atoms with Crippen LogP contribution in [0.3, 0.4) is 0 Å². The van der Waals surface area contributed by atoms with Gasteiger partial charge in [0.15, 0.2) is 0 Å². The smallest absolute Gasteiger partial charge is 0.0763 e. The van der Waals surface area contributed by atoms with Crippen molar-refractivity contribution in [1.29, 1.82) is 0 Å². The van der Waals surface area contributed by atoms with Crippen molar-refractivity contribution in [3.63, 3.8) is 0 Å². The summed E-state index contributed by atoms with van der Waals surface area (Å²) in [5.74, 6) is 5.75. The van der Waals surface area contributed by atoms with Gasteiger partial charge in [-0.2, -0.15) is 0 Å². The van der Waals surface area contributed by atoms with E-state index in [9.17, 15) is 0 Å². The lowest BCUT2D eigenvalue weighted by Crippen LogP contribution is -2.29. The van der Waals surface area contributed by atoms with E-state index in [1.54, 1.807) is 11.3 Å². The van der Waals surface area contributed by atoms with Crippen molar-refractivity contribution >= 4 is 32.1 Å². The third-order valence-electron chi connectivity index (χ3n) is 3.31. The Bertz CT molecular complexity index is 510. The first-order valence-corrected chi connectivity index (χ1v) is 7.70. The Hall–Kier alpha value is -0.680. The molecule has 0 saturated carbocycles. The molecule has 1 atom stereocenters. The van der Waals surface area contributed by atoms with Gasteiger partial charge in [0.05, 0.1) is 6.04 Å². The van der Waals surface area contributed by atoms with Crippen LogP contribution in [0.5, 0.6) is 0 Å². The van der Waals surface area contributed by atoms with E-state index in [1.165, 1.54) is 45.5 Å². The fraction of sp³-hybridized carbons (Fsp3) is 0.385. The van der Waals surface area contributed by atoms with Crippen LogP contribution in [0.15, 0.2) is 29.2 Å². The Kier molecular flexibility index (Phi) is 3.29. The molecule has 2 aromatic heterocycles. The van der Waals surface area contributed by atoms with Crippen molar-refractivity contribution in [3.8, 4) is 0 Å². The lowest BCUT2D eigenvalue weighted by molar-refractivity contribution is 0.572. The number of hydrogen-bond acceptors (Lipinski definition) is 4. The summed E-state index contributed by atoms with van der Waals surface area (Å²) in [4.78, 5) is 1.35. The fourth-order valence-corrected chi connectivity index (χ4v) is 4.65. The predicted octanol–water partition coefficient (Wildman–Crippen LogP) is 3.97. The normalized spacial score (nSPS) is 18.3. The molecule has 0 aromatic carbocycles. The molecule has 2 heterocycles. The largest absolute Gasteiger partial charge is 0.271 e. The van der Waals surface area contributed by atoms with E-state index in [0.29, 0.717) is 0 Å². The van der Waals surface area contributed by atoms with Crippen molar-refractivity contribution in [2.45, 2.75) is 31.7 Å². The van der Waals surface area contributed by atoms with E-state index in [1.807, 2.05) is 11.3 Å². The Balaban J connectivity index is 1.94. The molecule has 0 saturated heterocycles. The molecular formula is C13H16N2S2. The second kappa shape index (κ2) is 4.90. The van der Waals surface area contributed by atoms with E-state index in [0.717, 1.165) is 0 Å². The molecule has 3 rings (SSSR count). The summed E-state index contributed by atoms with van der Waals surface area (Å²) in [5.41, 5.74) is 4.45. The van der Waals surface area contributed by atoms with E-state index in [4.69, 9.17) is 5.84 Å². The van der Waals surface area contributed by atoms with Crippen LogP contribution >= 0.6 is 22.7 Å². The molecule has 2 aromatic rings. The summed E-state index contributed by atoms with van der Waals surface area (Å²) in [6, 6.07) is 4.70. The van der Waals surface area contributed by atoms with Crippen LogP contribution in [0, 0.1) is 0 Å². The molecule has 0 fully saturated rings. The average Bonchev–Trinajstić information content (AvgIpc) is 2.92. The van der Waals surface area contributed by atoms with Gasteiger partial charge in [-0.25, -0.2) is 5.43 Å². The summed E-state index contributed by atoms with van der Waals surface area (Å²) < 4.78 is 2.75. The SMILES string of the molecule is NNC(C1=CCCCC1)c1cc2sccc2s1. The summed E-state index contributed by atoms with van der Waals surface area (Å²) in [5, 5.41) is 2.15. The lowest BCUT2D eigenvalue weighted by Gasteiger charge is -2.21. The highest BCUT2D eigenvalue weighted by Crippen LogP contribution is 2.37. The first-order valence-electron chi connectivity index (χ1n) is 6.00. The van der Waals surface area contributed by atoms with Gasteiger partial charge in [-0.05, 0) is 43.2 Å². The predicted molar refractivity (Wildman–Crippen MR) is 76.3 cm³/mol. The van der Waals surface area contributed by atoms with Gasteiger partial charge in [0, 0.05) is 14.3 Å². The van der Waals surface area contributed by atoms with Gasteiger partial charge in [-0.1, -0.05) is 11.6 Å². The molecule has 0 aliphatic heterocycles. The maximum Gasteiger partial charge on any atom is 0.0763 e. The van der Waals surface area contributed by atoms with Gasteiger partial charge in [0.25, 0.3) is 0 Å². The van der Waals surface area contributed by atoms with E-state index in [2.05, 4.69) is 29.0 Å². The Morgan fingerprint density at radius 2 is 2.24 bits per heavy atom. The van der Waals surface area contributed by atoms with Gasteiger partial charge >= 0.3 is 0 Å².